The number of benzene rings is 3. The molecule has 0 amide bonds. The van der Waals surface area contributed by atoms with Crippen molar-refractivity contribution in [2.75, 3.05) is 18.4 Å². The maximum absolute atomic E-state index is 10.3. The van der Waals surface area contributed by atoms with Crippen LogP contribution in [0.15, 0.2) is 95.6 Å². The van der Waals surface area contributed by atoms with E-state index in [2.05, 4.69) is 81.5 Å². The lowest BCUT2D eigenvalue weighted by Gasteiger charge is -2.33. The highest BCUT2D eigenvalue weighted by Gasteiger charge is 2.21. The zero-order valence-electron chi connectivity index (χ0n) is 22.4. The van der Waals surface area contributed by atoms with E-state index in [4.69, 9.17) is 4.98 Å². The second-order valence-corrected chi connectivity index (χ2v) is 11.0. The third-order valence-corrected chi connectivity index (χ3v) is 7.54. The monoisotopic (exact) mass is 583 g/mol. The molecule has 0 spiro atoms. The molecule has 0 atom stereocenters. The number of nitrogens with one attached hydrogen (secondary N) is 1. The van der Waals surface area contributed by atoms with E-state index in [1.165, 1.54) is 16.7 Å². The molecule has 0 unspecified atom stereocenters. The minimum absolute atomic E-state index is 0.218. The van der Waals surface area contributed by atoms with Crippen LogP contribution in [0.5, 0.6) is 5.75 Å². The number of aromatic nitrogens is 3. The molecule has 0 radical (unpaired) electrons. The summed E-state index contributed by atoms with van der Waals surface area (Å²) in [6.45, 7) is 7.33. The number of aromatic hydroxyl groups is 1. The van der Waals surface area contributed by atoms with Gasteiger partial charge in [-0.05, 0) is 60.3 Å². The standard InChI is InChI=1S/C25H26BrN5O.C7H8/c1-17-5-4-6-18(13-17)16-30-11-9-19(10-12-30)28-24-14-22(20-7-2-3-8-23(20)32)29-25-21(26)15-27-31(24)25;1-7-5-3-2-4-6-7/h2-8,13-15,19,28,32H,9-12,16H2,1H3;2-6H,1H3. The third kappa shape index (κ3) is 6.85. The van der Waals surface area contributed by atoms with E-state index in [0.717, 1.165) is 54.1 Å². The number of nitrogens with zero attached hydrogens (tertiary/aromatic N) is 4. The Morgan fingerprint density at radius 1 is 0.897 bits per heavy atom. The first-order chi connectivity index (χ1) is 19.0. The number of piperidine rings is 1. The van der Waals surface area contributed by atoms with Gasteiger partial charge in [0, 0.05) is 37.3 Å². The fourth-order valence-corrected chi connectivity index (χ4v) is 5.26. The summed E-state index contributed by atoms with van der Waals surface area (Å²) in [6, 6.07) is 28.6. The van der Waals surface area contributed by atoms with Gasteiger partial charge in [-0.15, -0.1) is 0 Å². The molecular formula is C32H34BrN5O. The van der Waals surface area contributed by atoms with E-state index in [-0.39, 0.29) is 5.75 Å². The van der Waals surface area contributed by atoms with E-state index in [1.807, 2.05) is 47.0 Å². The van der Waals surface area contributed by atoms with Gasteiger partial charge in [-0.1, -0.05) is 77.9 Å². The normalized spacial score (nSPS) is 14.1. The van der Waals surface area contributed by atoms with E-state index < -0.39 is 0 Å². The molecule has 1 saturated heterocycles. The molecule has 3 aromatic carbocycles. The van der Waals surface area contributed by atoms with Crippen molar-refractivity contribution in [3.8, 4) is 17.0 Å². The quantitative estimate of drug-likeness (QED) is 0.228. The smallest absolute Gasteiger partial charge is 0.172 e. The van der Waals surface area contributed by atoms with Gasteiger partial charge in [-0.3, -0.25) is 4.90 Å². The molecule has 0 aliphatic carbocycles. The summed E-state index contributed by atoms with van der Waals surface area (Å²) in [5, 5.41) is 18.5. The maximum Gasteiger partial charge on any atom is 0.172 e. The van der Waals surface area contributed by atoms with Gasteiger partial charge >= 0.3 is 0 Å². The van der Waals surface area contributed by atoms with Gasteiger partial charge in [0.25, 0.3) is 0 Å². The Balaban J connectivity index is 0.000000384. The van der Waals surface area contributed by atoms with Crippen molar-refractivity contribution in [2.24, 2.45) is 0 Å². The molecule has 1 aliphatic heterocycles. The van der Waals surface area contributed by atoms with Crippen LogP contribution in [0.3, 0.4) is 0 Å². The summed E-state index contributed by atoms with van der Waals surface area (Å²) in [6.07, 6.45) is 3.88. The molecule has 200 valence electrons. The SMILES string of the molecule is Cc1cccc(CN2CCC(Nc3cc(-c4ccccc4O)nc4c(Br)cnn34)CC2)c1.Cc1ccccc1. The minimum atomic E-state index is 0.218. The van der Waals surface area contributed by atoms with Gasteiger partial charge in [-0.25, -0.2) is 4.98 Å². The molecule has 0 bridgehead atoms. The summed E-state index contributed by atoms with van der Waals surface area (Å²) in [4.78, 5) is 7.25. The van der Waals surface area contributed by atoms with Gasteiger partial charge in [0.1, 0.15) is 11.6 Å². The highest BCUT2D eigenvalue weighted by atomic mass is 79.9. The molecule has 5 aromatic rings. The number of likely N-dealkylation sites (tertiary alicyclic amines) is 1. The minimum Gasteiger partial charge on any atom is -0.507 e. The van der Waals surface area contributed by atoms with Crippen molar-refractivity contribution in [3.63, 3.8) is 0 Å². The fourth-order valence-electron chi connectivity index (χ4n) is 4.91. The third-order valence-electron chi connectivity index (χ3n) is 6.98. The first-order valence-electron chi connectivity index (χ1n) is 13.3. The molecule has 7 heteroatoms. The van der Waals surface area contributed by atoms with Crippen molar-refractivity contribution in [3.05, 3.63) is 112 Å². The Hall–Kier alpha value is -3.68. The average Bonchev–Trinajstić information content (AvgIpc) is 3.32. The lowest BCUT2D eigenvalue weighted by atomic mass is 10.0. The number of hydrogen-bond acceptors (Lipinski definition) is 5. The number of phenolic OH excluding ortho intramolecular Hbond substituents is 1. The molecular weight excluding hydrogens is 550 g/mol. The number of para-hydroxylation sites is 1. The molecule has 1 aliphatic rings. The molecule has 2 N–H and O–H groups in total. The van der Waals surface area contributed by atoms with E-state index in [0.29, 0.717) is 11.6 Å². The van der Waals surface area contributed by atoms with Crippen LogP contribution in [0.1, 0.15) is 29.5 Å². The van der Waals surface area contributed by atoms with Crippen LogP contribution < -0.4 is 5.32 Å². The Kier molecular flexibility index (Phi) is 8.59. The Morgan fingerprint density at radius 2 is 1.62 bits per heavy atom. The largest absolute Gasteiger partial charge is 0.507 e. The van der Waals surface area contributed by atoms with Gasteiger partial charge in [0.2, 0.25) is 0 Å². The van der Waals surface area contributed by atoms with E-state index in [1.54, 1.807) is 12.3 Å². The molecule has 1 fully saturated rings. The number of hydrogen-bond donors (Lipinski definition) is 2. The maximum atomic E-state index is 10.3. The summed E-state index contributed by atoms with van der Waals surface area (Å²) in [7, 11) is 0. The van der Waals surface area contributed by atoms with Crippen LogP contribution in [0, 0.1) is 13.8 Å². The number of aryl methyl sites for hydroxylation is 2. The second-order valence-electron chi connectivity index (χ2n) is 10.1. The Bertz CT molecular complexity index is 1530. The van der Waals surface area contributed by atoms with Crippen LogP contribution in [0.4, 0.5) is 5.82 Å². The van der Waals surface area contributed by atoms with E-state index in [9.17, 15) is 5.11 Å². The van der Waals surface area contributed by atoms with Crippen LogP contribution in [-0.4, -0.2) is 43.7 Å². The predicted octanol–water partition coefficient (Wildman–Crippen LogP) is 7.24. The van der Waals surface area contributed by atoms with E-state index >= 15 is 0 Å². The van der Waals surface area contributed by atoms with Gasteiger partial charge in [0.15, 0.2) is 5.65 Å². The van der Waals surface area contributed by atoms with Crippen molar-refractivity contribution >= 4 is 27.4 Å². The van der Waals surface area contributed by atoms with Crippen molar-refractivity contribution in [1.82, 2.24) is 19.5 Å². The number of fused-ring (bicyclic) bond motifs is 1. The van der Waals surface area contributed by atoms with Crippen molar-refractivity contribution in [2.45, 2.75) is 39.3 Å². The molecule has 39 heavy (non-hydrogen) atoms. The molecule has 6 nitrogen and oxygen atoms in total. The summed E-state index contributed by atoms with van der Waals surface area (Å²) >= 11 is 3.55. The average molecular weight is 585 g/mol. The highest BCUT2D eigenvalue weighted by molar-refractivity contribution is 9.10. The molecule has 6 rings (SSSR count). The zero-order valence-corrected chi connectivity index (χ0v) is 24.0. The van der Waals surface area contributed by atoms with Gasteiger partial charge < -0.3 is 10.4 Å². The van der Waals surface area contributed by atoms with Gasteiger partial charge in [-0.2, -0.15) is 9.61 Å². The first kappa shape index (κ1) is 26.9. The topological polar surface area (TPSA) is 65.7 Å². The number of rotatable bonds is 5. The molecule has 0 saturated carbocycles. The first-order valence-corrected chi connectivity index (χ1v) is 14.1. The predicted molar refractivity (Wildman–Crippen MR) is 162 cm³/mol. The number of anilines is 1. The Labute approximate surface area is 238 Å². The summed E-state index contributed by atoms with van der Waals surface area (Å²) in [5.41, 5.74) is 6.16. The van der Waals surface area contributed by atoms with Crippen molar-refractivity contribution in [1.29, 1.82) is 0 Å². The summed E-state index contributed by atoms with van der Waals surface area (Å²) < 4.78 is 2.65. The number of phenols is 1. The van der Waals surface area contributed by atoms with Crippen LogP contribution in [0.25, 0.3) is 16.9 Å². The summed E-state index contributed by atoms with van der Waals surface area (Å²) in [5.74, 6) is 1.10. The second kappa shape index (κ2) is 12.5. The van der Waals surface area contributed by atoms with Gasteiger partial charge in [0.05, 0.1) is 16.4 Å². The molecule has 3 heterocycles. The lowest BCUT2D eigenvalue weighted by Crippen LogP contribution is -2.39. The fraction of sp³-hybridized carbons (Fsp3) is 0.250. The van der Waals surface area contributed by atoms with Crippen LogP contribution in [0.2, 0.25) is 0 Å². The van der Waals surface area contributed by atoms with Crippen LogP contribution >= 0.6 is 15.9 Å². The Morgan fingerprint density at radius 3 is 2.31 bits per heavy atom. The number of halogens is 1. The highest BCUT2D eigenvalue weighted by Crippen LogP contribution is 2.31. The van der Waals surface area contributed by atoms with Crippen LogP contribution in [-0.2, 0) is 6.54 Å². The zero-order chi connectivity index (χ0) is 27.2. The lowest BCUT2D eigenvalue weighted by molar-refractivity contribution is 0.211. The molecule has 2 aromatic heterocycles. The van der Waals surface area contributed by atoms with Crippen molar-refractivity contribution < 1.29 is 5.11 Å².